The van der Waals surface area contributed by atoms with Gasteiger partial charge in [-0.05, 0) is 36.4 Å². The van der Waals surface area contributed by atoms with Crippen molar-refractivity contribution in [3.05, 3.63) is 34.7 Å². The van der Waals surface area contributed by atoms with Gasteiger partial charge < -0.3 is 0 Å². The van der Waals surface area contributed by atoms with Crippen LogP contribution < -0.4 is 0 Å². The van der Waals surface area contributed by atoms with Crippen molar-refractivity contribution in [1.82, 2.24) is 4.31 Å². The molecular formula is C12H16N4O2S. The van der Waals surface area contributed by atoms with E-state index in [0.29, 0.717) is 24.7 Å². The van der Waals surface area contributed by atoms with Crippen LogP contribution in [0.15, 0.2) is 34.3 Å². The summed E-state index contributed by atoms with van der Waals surface area (Å²) in [7, 11) is -3.42. The molecule has 0 aromatic heterocycles. The van der Waals surface area contributed by atoms with Gasteiger partial charge in [-0.15, -0.1) is 0 Å². The van der Waals surface area contributed by atoms with E-state index in [1.807, 2.05) is 0 Å². The minimum atomic E-state index is -3.42. The molecule has 0 radical (unpaired) electrons. The normalized spacial score (nSPS) is 17.9. The van der Waals surface area contributed by atoms with Gasteiger partial charge in [0, 0.05) is 23.7 Å². The molecule has 0 amide bonds. The third-order valence-electron chi connectivity index (χ3n) is 3.38. The van der Waals surface area contributed by atoms with Crippen LogP contribution in [0.5, 0.6) is 0 Å². The van der Waals surface area contributed by atoms with E-state index in [4.69, 9.17) is 5.53 Å². The molecule has 7 heteroatoms. The highest BCUT2D eigenvalue weighted by Gasteiger charge is 2.27. The molecule has 1 aliphatic heterocycles. The van der Waals surface area contributed by atoms with Gasteiger partial charge in [0.2, 0.25) is 10.0 Å². The lowest BCUT2D eigenvalue weighted by molar-refractivity contribution is 0.288. The smallest absolute Gasteiger partial charge is 0.207 e. The van der Waals surface area contributed by atoms with Crippen LogP contribution in [0.1, 0.15) is 19.8 Å². The molecule has 1 saturated heterocycles. The summed E-state index contributed by atoms with van der Waals surface area (Å²) in [6.07, 6.45) is 1.80. The Morgan fingerprint density at radius 3 is 2.37 bits per heavy atom. The molecule has 1 aliphatic rings. The van der Waals surface area contributed by atoms with Gasteiger partial charge >= 0.3 is 0 Å². The summed E-state index contributed by atoms with van der Waals surface area (Å²) < 4.78 is 26.3. The van der Waals surface area contributed by atoms with E-state index in [9.17, 15) is 8.42 Å². The van der Waals surface area contributed by atoms with E-state index in [1.165, 1.54) is 28.6 Å². The van der Waals surface area contributed by atoms with Crippen molar-refractivity contribution in [2.45, 2.75) is 24.7 Å². The van der Waals surface area contributed by atoms with E-state index in [-0.39, 0.29) is 4.90 Å². The third-order valence-corrected chi connectivity index (χ3v) is 5.29. The largest absolute Gasteiger partial charge is 0.243 e. The van der Waals surface area contributed by atoms with Gasteiger partial charge in [0.1, 0.15) is 0 Å². The number of sulfonamides is 1. The maximum Gasteiger partial charge on any atom is 0.243 e. The lowest BCUT2D eigenvalue weighted by Gasteiger charge is -2.29. The zero-order valence-corrected chi connectivity index (χ0v) is 11.5. The SMILES string of the molecule is CC1CCN(S(=O)(=O)c2ccc(N=[N+]=[N-])cc2)CC1. The number of rotatable bonds is 3. The zero-order chi connectivity index (χ0) is 13.9. The third kappa shape index (κ3) is 3.07. The van der Waals surface area contributed by atoms with Gasteiger partial charge in [-0.2, -0.15) is 4.31 Å². The average Bonchev–Trinajstić information content (AvgIpc) is 2.40. The van der Waals surface area contributed by atoms with E-state index in [0.717, 1.165) is 12.8 Å². The molecular weight excluding hydrogens is 264 g/mol. The first-order valence-electron chi connectivity index (χ1n) is 6.19. The summed E-state index contributed by atoms with van der Waals surface area (Å²) in [5.41, 5.74) is 8.72. The topological polar surface area (TPSA) is 86.1 Å². The van der Waals surface area contributed by atoms with Gasteiger partial charge in [0.05, 0.1) is 4.90 Å². The summed E-state index contributed by atoms with van der Waals surface area (Å²) in [5, 5.41) is 3.42. The van der Waals surface area contributed by atoms with E-state index >= 15 is 0 Å². The molecule has 0 atom stereocenters. The summed E-state index contributed by atoms with van der Waals surface area (Å²) in [6.45, 7) is 3.28. The molecule has 1 fully saturated rings. The first-order chi connectivity index (χ1) is 9.04. The molecule has 6 nitrogen and oxygen atoms in total. The summed E-state index contributed by atoms with van der Waals surface area (Å²) in [5.74, 6) is 0.582. The van der Waals surface area contributed by atoms with E-state index < -0.39 is 10.0 Å². The Morgan fingerprint density at radius 1 is 1.26 bits per heavy atom. The number of hydrogen-bond acceptors (Lipinski definition) is 3. The van der Waals surface area contributed by atoms with Crippen LogP contribution in [0.4, 0.5) is 5.69 Å². The second-order valence-corrected chi connectivity index (χ2v) is 6.71. The molecule has 2 rings (SSSR count). The van der Waals surface area contributed by atoms with Crippen molar-refractivity contribution in [3.8, 4) is 0 Å². The van der Waals surface area contributed by atoms with Gasteiger partial charge in [0.25, 0.3) is 0 Å². The highest BCUT2D eigenvalue weighted by Crippen LogP contribution is 2.24. The molecule has 0 aliphatic carbocycles. The first-order valence-corrected chi connectivity index (χ1v) is 7.63. The molecule has 0 bridgehead atoms. The first kappa shape index (κ1) is 13.9. The van der Waals surface area contributed by atoms with E-state index in [1.54, 1.807) is 0 Å². The number of nitrogens with zero attached hydrogens (tertiary/aromatic N) is 4. The Hall–Kier alpha value is -1.56. The highest BCUT2D eigenvalue weighted by atomic mass is 32.2. The maximum absolute atomic E-state index is 12.4. The Labute approximate surface area is 112 Å². The van der Waals surface area contributed by atoms with Crippen LogP contribution in [0, 0.1) is 5.92 Å². The minimum Gasteiger partial charge on any atom is -0.207 e. The van der Waals surface area contributed by atoms with Crippen molar-refractivity contribution < 1.29 is 8.42 Å². The Bertz CT molecular complexity index is 583. The van der Waals surface area contributed by atoms with Crippen LogP contribution in [-0.2, 0) is 10.0 Å². The number of piperidine rings is 1. The Balaban J connectivity index is 2.21. The van der Waals surface area contributed by atoms with Crippen molar-refractivity contribution in [3.63, 3.8) is 0 Å². The Morgan fingerprint density at radius 2 is 1.84 bits per heavy atom. The number of benzene rings is 1. The van der Waals surface area contributed by atoms with Crippen LogP contribution in [0.3, 0.4) is 0 Å². The maximum atomic E-state index is 12.4. The summed E-state index contributed by atoms with van der Waals surface area (Å²) in [4.78, 5) is 2.91. The van der Waals surface area contributed by atoms with Gasteiger partial charge in [-0.25, -0.2) is 8.42 Å². The fourth-order valence-electron chi connectivity index (χ4n) is 2.11. The van der Waals surface area contributed by atoms with Crippen LogP contribution in [0.2, 0.25) is 0 Å². The van der Waals surface area contributed by atoms with Crippen molar-refractivity contribution >= 4 is 15.7 Å². The Kier molecular flexibility index (Phi) is 4.09. The molecule has 0 unspecified atom stereocenters. The fraction of sp³-hybridized carbons (Fsp3) is 0.500. The molecule has 0 saturated carbocycles. The number of azide groups is 1. The summed E-state index contributed by atoms with van der Waals surface area (Å²) >= 11 is 0. The lowest BCUT2D eigenvalue weighted by atomic mass is 10.0. The van der Waals surface area contributed by atoms with Crippen LogP contribution in [-0.4, -0.2) is 25.8 Å². The molecule has 0 spiro atoms. The molecule has 1 aromatic rings. The molecule has 1 heterocycles. The lowest BCUT2D eigenvalue weighted by Crippen LogP contribution is -2.37. The summed E-state index contributed by atoms with van der Waals surface area (Å²) in [6, 6.07) is 5.99. The molecule has 0 N–H and O–H groups in total. The van der Waals surface area contributed by atoms with Crippen molar-refractivity contribution in [2.24, 2.45) is 11.0 Å². The average molecular weight is 280 g/mol. The molecule has 19 heavy (non-hydrogen) atoms. The standard InChI is InChI=1S/C12H16N4O2S/c1-10-6-8-16(9-7-10)19(17,18)12-4-2-11(3-5-12)14-15-13/h2-5,10H,6-9H2,1H3. The van der Waals surface area contributed by atoms with Gasteiger partial charge in [-0.3, -0.25) is 0 Å². The van der Waals surface area contributed by atoms with Gasteiger partial charge in [0.15, 0.2) is 0 Å². The van der Waals surface area contributed by atoms with Crippen LogP contribution >= 0.6 is 0 Å². The second-order valence-electron chi connectivity index (χ2n) is 4.77. The van der Waals surface area contributed by atoms with Gasteiger partial charge in [-0.1, -0.05) is 24.2 Å². The van der Waals surface area contributed by atoms with Crippen LogP contribution in [0.25, 0.3) is 10.4 Å². The monoisotopic (exact) mass is 280 g/mol. The fourth-order valence-corrected chi connectivity index (χ4v) is 3.58. The predicted molar refractivity (Wildman–Crippen MR) is 72.4 cm³/mol. The molecule has 1 aromatic carbocycles. The second kappa shape index (κ2) is 5.61. The van der Waals surface area contributed by atoms with Crippen molar-refractivity contribution in [2.75, 3.05) is 13.1 Å². The van der Waals surface area contributed by atoms with Crippen molar-refractivity contribution in [1.29, 1.82) is 0 Å². The number of hydrogen-bond donors (Lipinski definition) is 0. The quantitative estimate of drug-likeness (QED) is 0.484. The zero-order valence-electron chi connectivity index (χ0n) is 10.7. The minimum absolute atomic E-state index is 0.249. The highest BCUT2D eigenvalue weighted by molar-refractivity contribution is 7.89. The molecule has 102 valence electrons. The predicted octanol–water partition coefficient (Wildman–Crippen LogP) is 3.05. The van der Waals surface area contributed by atoms with E-state index in [2.05, 4.69) is 16.9 Å².